The molecule has 0 aliphatic carbocycles. The van der Waals surface area contributed by atoms with Crippen molar-refractivity contribution in [1.29, 1.82) is 0 Å². The minimum Gasteiger partial charge on any atom is -0.346 e. The minimum absolute atomic E-state index is 0.114. The molecule has 0 aliphatic heterocycles. The van der Waals surface area contributed by atoms with E-state index >= 15 is 0 Å². The van der Waals surface area contributed by atoms with Gasteiger partial charge in [0.25, 0.3) is 0 Å². The minimum atomic E-state index is -0.348. The number of hydrogen-bond donors (Lipinski definition) is 0. The van der Waals surface area contributed by atoms with Crippen LogP contribution in [0.4, 0.5) is 0 Å². The SMILES string of the molecule is CC(C)OC(OC(C)C)c1cccc(Cl)c1. The lowest BCUT2D eigenvalue weighted by Gasteiger charge is -2.23. The molecule has 0 aliphatic rings. The number of benzene rings is 1. The van der Waals surface area contributed by atoms with E-state index in [9.17, 15) is 0 Å². The Labute approximate surface area is 103 Å². The first kappa shape index (κ1) is 13.5. The fourth-order valence-electron chi connectivity index (χ4n) is 1.34. The van der Waals surface area contributed by atoms with Gasteiger partial charge in [-0.25, -0.2) is 0 Å². The standard InChI is InChI=1S/C13H19ClO2/c1-9(2)15-13(16-10(3)4)11-6-5-7-12(14)8-11/h5-10,13H,1-4H3. The summed E-state index contributed by atoms with van der Waals surface area (Å²) in [5.74, 6) is 0. The van der Waals surface area contributed by atoms with Gasteiger partial charge in [-0.2, -0.15) is 0 Å². The molecular weight excluding hydrogens is 224 g/mol. The second-order valence-corrected chi connectivity index (χ2v) is 4.69. The van der Waals surface area contributed by atoms with E-state index in [1.807, 2.05) is 52.0 Å². The summed E-state index contributed by atoms with van der Waals surface area (Å²) in [6.45, 7) is 7.95. The Hall–Kier alpha value is -0.570. The zero-order chi connectivity index (χ0) is 12.1. The molecule has 0 saturated heterocycles. The van der Waals surface area contributed by atoms with Crippen LogP contribution in [0.1, 0.15) is 39.5 Å². The average molecular weight is 243 g/mol. The van der Waals surface area contributed by atoms with E-state index in [-0.39, 0.29) is 18.5 Å². The molecule has 16 heavy (non-hydrogen) atoms. The molecule has 0 spiro atoms. The van der Waals surface area contributed by atoms with Crippen LogP contribution in [0.25, 0.3) is 0 Å². The molecule has 3 heteroatoms. The van der Waals surface area contributed by atoms with Crippen molar-refractivity contribution in [1.82, 2.24) is 0 Å². The normalized spacial score (nSPS) is 11.8. The fraction of sp³-hybridized carbons (Fsp3) is 0.538. The maximum Gasteiger partial charge on any atom is 0.184 e. The molecular formula is C13H19ClO2. The quantitative estimate of drug-likeness (QED) is 0.721. The molecule has 1 rings (SSSR count). The van der Waals surface area contributed by atoms with Gasteiger partial charge in [0.15, 0.2) is 6.29 Å². The molecule has 2 nitrogen and oxygen atoms in total. The molecule has 0 saturated carbocycles. The molecule has 0 aromatic heterocycles. The van der Waals surface area contributed by atoms with E-state index < -0.39 is 0 Å². The van der Waals surface area contributed by atoms with Crippen LogP contribution in [0.3, 0.4) is 0 Å². The first-order valence-corrected chi connectivity index (χ1v) is 5.93. The lowest BCUT2D eigenvalue weighted by atomic mass is 10.2. The van der Waals surface area contributed by atoms with Crippen molar-refractivity contribution < 1.29 is 9.47 Å². The predicted octanol–water partition coefficient (Wildman–Crippen LogP) is 4.19. The van der Waals surface area contributed by atoms with Crippen LogP contribution >= 0.6 is 11.6 Å². The van der Waals surface area contributed by atoms with Crippen molar-refractivity contribution in [2.75, 3.05) is 0 Å². The van der Waals surface area contributed by atoms with Crippen molar-refractivity contribution in [3.63, 3.8) is 0 Å². The summed E-state index contributed by atoms with van der Waals surface area (Å²) in [5.41, 5.74) is 0.954. The molecule has 0 fully saturated rings. The predicted molar refractivity (Wildman–Crippen MR) is 66.6 cm³/mol. The summed E-state index contributed by atoms with van der Waals surface area (Å²) in [6.07, 6.45) is -0.121. The fourth-order valence-corrected chi connectivity index (χ4v) is 1.54. The molecule has 0 radical (unpaired) electrons. The summed E-state index contributed by atoms with van der Waals surface area (Å²) in [5, 5.41) is 0.696. The van der Waals surface area contributed by atoms with Crippen molar-refractivity contribution >= 4 is 11.6 Å². The summed E-state index contributed by atoms with van der Waals surface area (Å²) < 4.78 is 11.4. The Morgan fingerprint density at radius 3 is 2.00 bits per heavy atom. The van der Waals surface area contributed by atoms with Crippen LogP contribution in [0.15, 0.2) is 24.3 Å². The second-order valence-electron chi connectivity index (χ2n) is 4.26. The number of rotatable bonds is 5. The van der Waals surface area contributed by atoms with Crippen LogP contribution in [-0.4, -0.2) is 12.2 Å². The lowest BCUT2D eigenvalue weighted by molar-refractivity contribution is -0.185. The summed E-state index contributed by atoms with van der Waals surface area (Å²) >= 11 is 5.95. The zero-order valence-corrected chi connectivity index (χ0v) is 11.0. The van der Waals surface area contributed by atoms with Gasteiger partial charge in [-0.15, -0.1) is 0 Å². The van der Waals surface area contributed by atoms with Gasteiger partial charge in [0, 0.05) is 10.6 Å². The van der Waals surface area contributed by atoms with Gasteiger partial charge in [-0.1, -0.05) is 23.7 Å². The third-order valence-corrected chi connectivity index (χ3v) is 2.15. The largest absolute Gasteiger partial charge is 0.346 e. The Kier molecular flexibility index (Phi) is 5.26. The third-order valence-electron chi connectivity index (χ3n) is 1.91. The highest BCUT2D eigenvalue weighted by atomic mass is 35.5. The van der Waals surface area contributed by atoms with Gasteiger partial charge in [0.05, 0.1) is 12.2 Å². The molecule has 0 amide bonds. The average Bonchev–Trinajstić information content (AvgIpc) is 2.15. The number of halogens is 1. The lowest BCUT2D eigenvalue weighted by Crippen LogP contribution is -2.17. The van der Waals surface area contributed by atoms with Crippen molar-refractivity contribution in [2.24, 2.45) is 0 Å². The van der Waals surface area contributed by atoms with Crippen molar-refractivity contribution in [3.05, 3.63) is 34.9 Å². The van der Waals surface area contributed by atoms with Gasteiger partial charge in [0.2, 0.25) is 0 Å². The van der Waals surface area contributed by atoms with Gasteiger partial charge >= 0.3 is 0 Å². The molecule has 0 heterocycles. The van der Waals surface area contributed by atoms with E-state index in [2.05, 4.69) is 0 Å². The highest BCUT2D eigenvalue weighted by Gasteiger charge is 2.16. The molecule has 0 N–H and O–H groups in total. The number of hydrogen-bond acceptors (Lipinski definition) is 2. The highest BCUT2D eigenvalue weighted by Crippen LogP contribution is 2.24. The van der Waals surface area contributed by atoms with Gasteiger partial charge in [-0.3, -0.25) is 0 Å². The maximum absolute atomic E-state index is 5.95. The molecule has 1 aromatic carbocycles. The molecule has 0 unspecified atom stereocenters. The molecule has 0 bridgehead atoms. The first-order valence-electron chi connectivity index (χ1n) is 5.55. The van der Waals surface area contributed by atoms with Gasteiger partial charge < -0.3 is 9.47 Å². The summed E-state index contributed by atoms with van der Waals surface area (Å²) in [6, 6.07) is 7.57. The maximum atomic E-state index is 5.95. The van der Waals surface area contributed by atoms with Crippen LogP contribution in [0, 0.1) is 0 Å². The van der Waals surface area contributed by atoms with Crippen LogP contribution < -0.4 is 0 Å². The Morgan fingerprint density at radius 1 is 1.00 bits per heavy atom. The monoisotopic (exact) mass is 242 g/mol. The van der Waals surface area contributed by atoms with E-state index in [1.165, 1.54) is 0 Å². The molecule has 90 valence electrons. The smallest absolute Gasteiger partial charge is 0.184 e. The van der Waals surface area contributed by atoms with Crippen molar-refractivity contribution in [2.45, 2.75) is 46.2 Å². The van der Waals surface area contributed by atoms with E-state index in [0.717, 1.165) is 5.56 Å². The Balaban J connectivity index is 2.82. The van der Waals surface area contributed by atoms with E-state index in [1.54, 1.807) is 0 Å². The Bertz CT molecular complexity index is 313. The van der Waals surface area contributed by atoms with Crippen LogP contribution in [0.2, 0.25) is 5.02 Å². The Morgan fingerprint density at radius 2 is 1.56 bits per heavy atom. The summed E-state index contributed by atoms with van der Waals surface area (Å²) in [4.78, 5) is 0. The van der Waals surface area contributed by atoms with Crippen LogP contribution in [-0.2, 0) is 9.47 Å². The topological polar surface area (TPSA) is 18.5 Å². The second kappa shape index (κ2) is 6.24. The van der Waals surface area contributed by atoms with Gasteiger partial charge in [0.1, 0.15) is 0 Å². The van der Waals surface area contributed by atoms with E-state index in [0.29, 0.717) is 5.02 Å². The number of ether oxygens (including phenoxy) is 2. The summed E-state index contributed by atoms with van der Waals surface area (Å²) in [7, 11) is 0. The zero-order valence-electron chi connectivity index (χ0n) is 10.2. The first-order chi connectivity index (χ1) is 7.49. The highest BCUT2D eigenvalue weighted by molar-refractivity contribution is 6.30. The van der Waals surface area contributed by atoms with Crippen molar-refractivity contribution in [3.8, 4) is 0 Å². The third kappa shape index (κ3) is 4.52. The molecule has 0 atom stereocenters. The van der Waals surface area contributed by atoms with Crippen LogP contribution in [0.5, 0.6) is 0 Å². The van der Waals surface area contributed by atoms with E-state index in [4.69, 9.17) is 21.1 Å². The molecule has 1 aromatic rings. The van der Waals surface area contributed by atoms with Gasteiger partial charge in [-0.05, 0) is 39.8 Å².